The molecule has 0 aliphatic heterocycles. The van der Waals surface area contributed by atoms with E-state index in [1.807, 2.05) is 0 Å². The Kier molecular flexibility index (Phi) is 4.27. The molecule has 0 heterocycles. The molecule has 1 aromatic carbocycles. The van der Waals surface area contributed by atoms with E-state index >= 15 is 0 Å². The summed E-state index contributed by atoms with van der Waals surface area (Å²) in [5.41, 5.74) is 7.37. The summed E-state index contributed by atoms with van der Waals surface area (Å²) >= 11 is 3.45. The smallest absolute Gasteiger partial charge is 0.191 e. The SMILES string of the molecule is CCN(CC)C(N)=N[C@@H]1C[C@H]1c1ccc(Br)cc1. The minimum atomic E-state index is 0.367. The van der Waals surface area contributed by atoms with Crippen LogP contribution in [0.1, 0.15) is 31.7 Å². The third kappa shape index (κ3) is 3.05. The van der Waals surface area contributed by atoms with Crippen LogP contribution in [0.2, 0.25) is 0 Å². The maximum atomic E-state index is 6.01. The van der Waals surface area contributed by atoms with Crippen LogP contribution in [0.3, 0.4) is 0 Å². The van der Waals surface area contributed by atoms with Crippen molar-refractivity contribution in [2.75, 3.05) is 13.1 Å². The lowest BCUT2D eigenvalue weighted by Crippen LogP contribution is -2.37. The number of hydrogen-bond donors (Lipinski definition) is 1. The number of rotatable bonds is 4. The summed E-state index contributed by atoms with van der Waals surface area (Å²) in [5, 5.41) is 0. The zero-order valence-electron chi connectivity index (χ0n) is 10.9. The average molecular weight is 310 g/mol. The second-order valence-corrected chi connectivity index (χ2v) is 5.54. The Labute approximate surface area is 117 Å². The Morgan fingerprint density at radius 2 is 1.94 bits per heavy atom. The van der Waals surface area contributed by atoms with E-state index in [1.165, 1.54) is 5.56 Å². The lowest BCUT2D eigenvalue weighted by Gasteiger charge is -2.19. The van der Waals surface area contributed by atoms with Gasteiger partial charge in [-0.1, -0.05) is 28.1 Å². The number of nitrogens with two attached hydrogens (primary N) is 1. The van der Waals surface area contributed by atoms with E-state index in [9.17, 15) is 0 Å². The molecule has 2 atom stereocenters. The molecule has 0 radical (unpaired) electrons. The van der Waals surface area contributed by atoms with Crippen LogP contribution in [0, 0.1) is 0 Å². The fourth-order valence-electron chi connectivity index (χ4n) is 2.19. The van der Waals surface area contributed by atoms with E-state index in [-0.39, 0.29) is 0 Å². The zero-order valence-corrected chi connectivity index (χ0v) is 12.5. The van der Waals surface area contributed by atoms with Crippen molar-refractivity contribution in [3.63, 3.8) is 0 Å². The minimum absolute atomic E-state index is 0.367. The van der Waals surface area contributed by atoms with E-state index in [1.54, 1.807) is 0 Å². The highest BCUT2D eigenvalue weighted by atomic mass is 79.9. The van der Waals surface area contributed by atoms with E-state index in [0.29, 0.717) is 17.9 Å². The molecule has 3 nitrogen and oxygen atoms in total. The number of aliphatic imine (C=N–C) groups is 1. The van der Waals surface area contributed by atoms with Gasteiger partial charge in [0.25, 0.3) is 0 Å². The van der Waals surface area contributed by atoms with E-state index in [2.05, 4.69) is 63.9 Å². The van der Waals surface area contributed by atoms with Gasteiger partial charge in [-0.05, 0) is 38.0 Å². The van der Waals surface area contributed by atoms with Crippen LogP contribution >= 0.6 is 15.9 Å². The Morgan fingerprint density at radius 3 is 2.50 bits per heavy atom. The van der Waals surface area contributed by atoms with Crippen molar-refractivity contribution >= 4 is 21.9 Å². The van der Waals surface area contributed by atoms with Crippen molar-refractivity contribution in [2.45, 2.75) is 32.2 Å². The summed E-state index contributed by atoms with van der Waals surface area (Å²) in [6.07, 6.45) is 1.11. The summed E-state index contributed by atoms with van der Waals surface area (Å²) in [4.78, 5) is 6.71. The molecule has 4 heteroatoms. The summed E-state index contributed by atoms with van der Waals surface area (Å²) in [7, 11) is 0. The first kappa shape index (κ1) is 13.4. The Hall–Kier alpha value is -1.03. The molecule has 1 aliphatic rings. The Morgan fingerprint density at radius 1 is 1.33 bits per heavy atom. The standard InChI is InChI=1S/C14H20BrN3/c1-3-18(4-2)14(16)17-13-9-12(13)10-5-7-11(15)8-6-10/h5-8,12-13H,3-4,9H2,1-2H3,(H2,16,17)/t12-,13+/m0/s1. The van der Waals surface area contributed by atoms with Gasteiger partial charge in [0.1, 0.15) is 0 Å². The van der Waals surface area contributed by atoms with Crippen molar-refractivity contribution < 1.29 is 0 Å². The molecule has 1 aliphatic carbocycles. The van der Waals surface area contributed by atoms with Crippen molar-refractivity contribution in [3.05, 3.63) is 34.3 Å². The van der Waals surface area contributed by atoms with Crippen LogP contribution < -0.4 is 5.73 Å². The molecule has 98 valence electrons. The Bertz CT molecular complexity index is 423. The molecule has 0 saturated heterocycles. The fourth-order valence-corrected chi connectivity index (χ4v) is 2.46. The van der Waals surface area contributed by atoms with Crippen LogP contribution in [-0.2, 0) is 0 Å². The van der Waals surface area contributed by atoms with Gasteiger partial charge in [0, 0.05) is 23.5 Å². The largest absolute Gasteiger partial charge is 0.370 e. The van der Waals surface area contributed by atoms with Crippen molar-refractivity contribution in [3.8, 4) is 0 Å². The molecular formula is C14H20BrN3. The molecule has 2 rings (SSSR count). The molecule has 0 spiro atoms. The molecule has 18 heavy (non-hydrogen) atoms. The molecule has 0 amide bonds. The monoisotopic (exact) mass is 309 g/mol. The fraction of sp³-hybridized carbons (Fsp3) is 0.500. The molecular weight excluding hydrogens is 290 g/mol. The van der Waals surface area contributed by atoms with Crippen molar-refractivity contribution in [1.29, 1.82) is 0 Å². The van der Waals surface area contributed by atoms with Gasteiger partial charge in [-0.15, -0.1) is 0 Å². The van der Waals surface area contributed by atoms with Crippen LogP contribution in [0.25, 0.3) is 0 Å². The first-order valence-electron chi connectivity index (χ1n) is 6.49. The summed E-state index contributed by atoms with van der Waals surface area (Å²) in [6, 6.07) is 8.87. The first-order valence-corrected chi connectivity index (χ1v) is 7.28. The maximum Gasteiger partial charge on any atom is 0.191 e. The lowest BCUT2D eigenvalue weighted by molar-refractivity contribution is 0.458. The maximum absolute atomic E-state index is 6.01. The second kappa shape index (κ2) is 5.74. The minimum Gasteiger partial charge on any atom is -0.370 e. The summed E-state index contributed by atoms with van der Waals surface area (Å²) < 4.78 is 1.12. The van der Waals surface area contributed by atoms with Crippen molar-refractivity contribution in [2.24, 2.45) is 10.7 Å². The van der Waals surface area contributed by atoms with Gasteiger partial charge >= 0.3 is 0 Å². The van der Waals surface area contributed by atoms with Crippen LogP contribution in [0.4, 0.5) is 0 Å². The number of guanidine groups is 1. The van der Waals surface area contributed by atoms with E-state index in [4.69, 9.17) is 5.73 Å². The van der Waals surface area contributed by atoms with Gasteiger partial charge in [-0.25, -0.2) is 4.99 Å². The van der Waals surface area contributed by atoms with Crippen LogP contribution in [0.5, 0.6) is 0 Å². The predicted octanol–water partition coefficient (Wildman–Crippen LogP) is 2.96. The summed E-state index contributed by atoms with van der Waals surface area (Å²) in [5.74, 6) is 1.23. The van der Waals surface area contributed by atoms with E-state index < -0.39 is 0 Å². The molecule has 1 fully saturated rings. The number of halogens is 1. The average Bonchev–Trinajstić information content (AvgIpc) is 3.11. The van der Waals surface area contributed by atoms with Crippen molar-refractivity contribution in [1.82, 2.24) is 4.90 Å². The van der Waals surface area contributed by atoms with Crippen LogP contribution in [0.15, 0.2) is 33.7 Å². The predicted molar refractivity (Wildman–Crippen MR) is 79.8 cm³/mol. The van der Waals surface area contributed by atoms with Gasteiger partial charge < -0.3 is 10.6 Å². The third-order valence-corrected chi connectivity index (χ3v) is 3.97. The Balaban J connectivity index is 1.99. The van der Waals surface area contributed by atoms with Crippen LogP contribution in [-0.4, -0.2) is 30.0 Å². The highest BCUT2D eigenvalue weighted by molar-refractivity contribution is 9.10. The third-order valence-electron chi connectivity index (χ3n) is 3.44. The topological polar surface area (TPSA) is 41.6 Å². The molecule has 0 aromatic heterocycles. The highest BCUT2D eigenvalue weighted by Gasteiger charge is 2.38. The highest BCUT2D eigenvalue weighted by Crippen LogP contribution is 2.43. The molecule has 0 unspecified atom stereocenters. The number of nitrogens with zero attached hydrogens (tertiary/aromatic N) is 2. The van der Waals surface area contributed by atoms with Gasteiger partial charge in [-0.2, -0.15) is 0 Å². The van der Waals surface area contributed by atoms with Gasteiger partial charge in [-0.3, -0.25) is 0 Å². The lowest BCUT2D eigenvalue weighted by atomic mass is 10.1. The molecule has 2 N–H and O–H groups in total. The molecule has 1 aromatic rings. The van der Waals surface area contributed by atoms with Gasteiger partial charge in [0.15, 0.2) is 5.96 Å². The number of hydrogen-bond acceptors (Lipinski definition) is 1. The summed E-state index contributed by atoms with van der Waals surface area (Å²) in [6.45, 7) is 6.04. The number of benzene rings is 1. The van der Waals surface area contributed by atoms with Gasteiger partial charge in [0.05, 0.1) is 6.04 Å². The quantitative estimate of drug-likeness (QED) is 0.686. The second-order valence-electron chi connectivity index (χ2n) is 4.62. The molecule has 1 saturated carbocycles. The van der Waals surface area contributed by atoms with Gasteiger partial charge in [0.2, 0.25) is 0 Å². The first-order chi connectivity index (χ1) is 8.65. The molecule has 0 bridgehead atoms. The zero-order chi connectivity index (χ0) is 13.1. The van der Waals surface area contributed by atoms with E-state index in [0.717, 1.165) is 24.0 Å². The normalized spacial score (nSPS) is 22.9.